The fourth-order valence-electron chi connectivity index (χ4n) is 5.33. The highest BCUT2D eigenvalue weighted by atomic mass is 32.1. The van der Waals surface area contributed by atoms with Gasteiger partial charge in [-0.15, -0.1) is 0 Å². The fraction of sp³-hybridized carbons (Fsp3) is 0.704. The number of nitrogens with zero attached hydrogens (tertiary/aromatic N) is 2. The maximum atomic E-state index is 13.4. The first-order valence-corrected chi connectivity index (χ1v) is 13.2. The summed E-state index contributed by atoms with van der Waals surface area (Å²) in [4.78, 5) is 18.2. The number of rotatable bonds is 8. The molecule has 0 bridgehead atoms. The number of amides is 1. The summed E-state index contributed by atoms with van der Waals surface area (Å²) in [5.74, 6) is 0.726. The van der Waals surface area contributed by atoms with Crippen molar-refractivity contribution in [3.8, 4) is 0 Å². The Hall–Kier alpha value is -1.66. The van der Waals surface area contributed by atoms with Crippen LogP contribution in [0.15, 0.2) is 30.3 Å². The molecule has 1 saturated heterocycles. The lowest BCUT2D eigenvalue weighted by Gasteiger charge is -2.42. The molecule has 33 heavy (non-hydrogen) atoms. The van der Waals surface area contributed by atoms with Crippen LogP contribution in [0.2, 0.25) is 0 Å². The molecular formula is C27H43N3O2S. The molecule has 0 spiro atoms. The number of nitrogens with two attached hydrogens (primary N) is 1. The molecule has 1 aromatic rings. The van der Waals surface area contributed by atoms with E-state index in [-0.39, 0.29) is 18.2 Å². The van der Waals surface area contributed by atoms with E-state index < -0.39 is 5.60 Å². The van der Waals surface area contributed by atoms with E-state index in [1.165, 1.54) is 37.7 Å². The van der Waals surface area contributed by atoms with E-state index in [0.29, 0.717) is 4.99 Å². The van der Waals surface area contributed by atoms with Gasteiger partial charge >= 0.3 is 6.09 Å². The molecule has 5 nitrogen and oxygen atoms in total. The zero-order chi connectivity index (χ0) is 23.8. The zero-order valence-corrected chi connectivity index (χ0v) is 21.6. The molecule has 1 aliphatic carbocycles. The van der Waals surface area contributed by atoms with Crippen molar-refractivity contribution in [2.24, 2.45) is 11.7 Å². The van der Waals surface area contributed by atoms with Crippen molar-refractivity contribution < 1.29 is 9.53 Å². The molecule has 6 heteroatoms. The second-order valence-corrected chi connectivity index (χ2v) is 11.4. The van der Waals surface area contributed by atoms with E-state index in [0.717, 1.165) is 51.2 Å². The van der Waals surface area contributed by atoms with Crippen LogP contribution in [0.5, 0.6) is 0 Å². The topological polar surface area (TPSA) is 58.8 Å². The average Bonchev–Trinajstić information content (AvgIpc) is 2.77. The minimum absolute atomic E-state index is 0.102. The summed E-state index contributed by atoms with van der Waals surface area (Å²) >= 11 is 5.52. The van der Waals surface area contributed by atoms with Gasteiger partial charge in [0.25, 0.3) is 0 Å². The van der Waals surface area contributed by atoms with Crippen molar-refractivity contribution in [3.63, 3.8) is 0 Å². The lowest BCUT2D eigenvalue weighted by molar-refractivity contribution is 0.00112. The number of carbonyl (C=O) groups is 1. The molecule has 2 aliphatic rings. The number of hydrogen-bond donors (Lipinski definition) is 1. The first kappa shape index (κ1) is 26.0. The maximum Gasteiger partial charge on any atom is 0.411 e. The van der Waals surface area contributed by atoms with Gasteiger partial charge in [-0.1, -0.05) is 74.7 Å². The molecule has 1 aromatic carbocycles. The third kappa shape index (κ3) is 8.25. The number of hydrogen-bond acceptors (Lipinski definition) is 4. The number of carbonyl (C=O) groups excluding carboxylic acids is 1. The number of benzene rings is 1. The van der Waals surface area contributed by atoms with Crippen LogP contribution in [0.3, 0.4) is 0 Å². The Morgan fingerprint density at radius 3 is 2.33 bits per heavy atom. The van der Waals surface area contributed by atoms with Gasteiger partial charge in [0.1, 0.15) is 5.60 Å². The Kier molecular flexibility index (Phi) is 9.57. The van der Waals surface area contributed by atoms with Gasteiger partial charge in [0.2, 0.25) is 0 Å². The monoisotopic (exact) mass is 473 g/mol. The van der Waals surface area contributed by atoms with Crippen LogP contribution in [0.1, 0.15) is 84.1 Å². The van der Waals surface area contributed by atoms with Crippen LogP contribution in [-0.4, -0.2) is 51.7 Å². The molecule has 0 aromatic heterocycles. The number of piperidine rings is 1. The van der Waals surface area contributed by atoms with Crippen LogP contribution in [0.4, 0.5) is 4.79 Å². The van der Waals surface area contributed by atoms with E-state index in [2.05, 4.69) is 35.2 Å². The SMILES string of the molecule is CC(C)(C)OC(=O)N(C1CCN(Cc2ccccc2)CC1)C(CCC1CCCCC1)C(N)=S. The summed E-state index contributed by atoms with van der Waals surface area (Å²) in [6.45, 7) is 8.60. The summed E-state index contributed by atoms with van der Waals surface area (Å²) < 4.78 is 5.86. The van der Waals surface area contributed by atoms with Crippen molar-refractivity contribution in [3.05, 3.63) is 35.9 Å². The molecule has 2 fully saturated rings. The molecule has 1 saturated carbocycles. The summed E-state index contributed by atoms with van der Waals surface area (Å²) in [6, 6.07) is 10.4. The van der Waals surface area contributed by atoms with Gasteiger partial charge in [-0.05, 0) is 57.9 Å². The molecule has 184 valence electrons. The molecular weight excluding hydrogens is 430 g/mol. The van der Waals surface area contributed by atoms with E-state index in [1.807, 2.05) is 25.7 Å². The Morgan fingerprint density at radius 1 is 1.12 bits per heavy atom. The number of ether oxygens (including phenoxy) is 1. The van der Waals surface area contributed by atoms with Crippen LogP contribution in [0, 0.1) is 5.92 Å². The normalized spacial score (nSPS) is 19.7. The van der Waals surface area contributed by atoms with Gasteiger partial charge in [0, 0.05) is 25.7 Å². The largest absolute Gasteiger partial charge is 0.444 e. The van der Waals surface area contributed by atoms with Crippen molar-refractivity contribution in [1.82, 2.24) is 9.80 Å². The fourth-order valence-corrected chi connectivity index (χ4v) is 5.56. The summed E-state index contributed by atoms with van der Waals surface area (Å²) in [5.41, 5.74) is 7.04. The Morgan fingerprint density at radius 2 is 1.76 bits per heavy atom. The van der Waals surface area contributed by atoms with Crippen LogP contribution < -0.4 is 5.73 Å². The summed E-state index contributed by atoms with van der Waals surface area (Å²) in [6.07, 6.45) is 10.0. The first-order valence-electron chi connectivity index (χ1n) is 12.8. The Bertz CT molecular complexity index is 750. The second-order valence-electron chi connectivity index (χ2n) is 10.9. The lowest BCUT2D eigenvalue weighted by Crippen LogP contribution is -2.56. The van der Waals surface area contributed by atoms with Crippen molar-refractivity contribution in [1.29, 1.82) is 0 Å². The van der Waals surface area contributed by atoms with Crippen LogP contribution >= 0.6 is 12.2 Å². The highest BCUT2D eigenvalue weighted by Crippen LogP contribution is 2.30. The van der Waals surface area contributed by atoms with Crippen LogP contribution in [0.25, 0.3) is 0 Å². The second kappa shape index (κ2) is 12.2. The van der Waals surface area contributed by atoms with Crippen molar-refractivity contribution in [2.75, 3.05) is 13.1 Å². The standard InChI is InChI=1S/C27H43N3O2S/c1-27(2,3)32-26(31)30(24(25(28)33)15-14-21-10-6-4-7-11-21)23-16-18-29(19-17-23)20-22-12-8-5-9-13-22/h5,8-9,12-13,21,23-24H,4,6-7,10-11,14-20H2,1-3H3,(H2,28,33). The third-order valence-corrected chi connectivity index (χ3v) is 7.31. The maximum absolute atomic E-state index is 13.4. The predicted molar refractivity (Wildman–Crippen MR) is 139 cm³/mol. The molecule has 1 heterocycles. The van der Waals surface area contributed by atoms with Gasteiger partial charge in [-0.3, -0.25) is 9.80 Å². The van der Waals surface area contributed by atoms with Crippen molar-refractivity contribution in [2.45, 2.75) is 103 Å². The van der Waals surface area contributed by atoms with E-state index in [1.54, 1.807) is 0 Å². The molecule has 1 amide bonds. The number of thiocarbonyl (C=S) groups is 1. The molecule has 2 N–H and O–H groups in total. The van der Waals surface area contributed by atoms with Gasteiger partial charge in [-0.2, -0.15) is 0 Å². The van der Waals surface area contributed by atoms with Gasteiger partial charge in [0.15, 0.2) is 0 Å². The van der Waals surface area contributed by atoms with E-state index in [9.17, 15) is 4.79 Å². The minimum Gasteiger partial charge on any atom is -0.444 e. The molecule has 0 radical (unpaired) electrons. The van der Waals surface area contributed by atoms with Gasteiger partial charge in [0.05, 0.1) is 11.0 Å². The quantitative estimate of drug-likeness (QED) is 0.476. The minimum atomic E-state index is -0.548. The molecule has 1 aliphatic heterocycles. The Labute approximate surface area is 206 Å². The molecule has 1 atom stereocenters. The average molecular weight is 474 g/mol. The molecule has 3 rings (SSSR count). The van der Waals surface area contributed by atoms with E-state index in [4.69, 9.17) is 22.7 Å². The smallest absolute Gasteiger partial charge is 0.411 e. The van der Waals surface area contributed by atoms with Crippen LogP contribution in [-0.2, 0) is 11.3 Å². The van der Waals surface area contributed by atoms with Crippen molar-refractivity contribution >= 4 is 23.3 Å². The Balaban J connectivity index is 1.68. The molecule has 1 unspecified atom stereocenters. The lowest BCUT2D eigenvalue weighted by atomic mass is 9.85. The number of likely N-dealkylation sites (tertiary alicyclic amines) is 1. The highest BCUT2D eigenvalue weighted by molar-refractivity contribution is 7.80. The zero-order valence-electron chi connectivity index (χ0n) is 20.8. The summed E-state index contributed by atoms with van der Waals surface area (Å²) in [5, 5.41) is 0. The predicted octanol–water partition coefficient (Wildman–Crippen LogP) is 5.90. The highest BCUT2D eigenvalue weighted by Gasteiger charge is 2.37. The summed E-state index contributed by atoms with van der Waals surface area (Å²) in [7, 11) is 0. The van der Waals surface area contributed by atoms with Gasteiger partial charge in [-0.25, -0.2) is 4.79 Å². The van der Waals surface area contributed by atoms with E-state index >= 15 is 0 Å². The third-order valence-electron chi connectivity index (χ3n) is 7.04. The first-order chi connectivity index (χ1) is 15.7. The van der Waals surface area contributed by atoms with Gasteiger partial charge < -0.3 is 10.5 Å².